The van der Waals surface area contributed by atoms with Crippen molar-refractivity contribution >= 4 is 22.2 Å². The van der Waals surface area contributed by atoms with Crippen LogP contribution in [0.2, 0.25) is 0 Å². The number of nitrogens with zero attached hydrogens (tertiary/aromatic N) is 1. The number of hydrogen-bond acceptors (Lipinski definition) is 5. The minimum absolute atomic E-state index is 0.127. The maximum absolute atomic E-state index is 12.1. The SMILES string of the molecule is Cc1ccc(S(=O)(=O)N/N=C\c2ccc(O[C@H](C)C(=O)O)cc2)cc1. The molecule has 2 N–H and O–H groups in total. The van der Waals surface area contributed by atoms with E-state index in [4.69, 9.17) is 9.84 Å². The van der Waals surface area contributed by atoms with E-state index in [-0.39, 0.29) is 4.90 Å². The number of ether oxygens (including phenoxy) is 1. The van der Waals surface area contributed by atoms with Crippen LogP contribution in [0, 0.1) is 6.92 Å². The van der Waals surface area contributed by atoms with Gasteiger partial charge in [-0.05, 0) is 55.8 Å². The summed E-state index contributed by atoms with van der Waals surface area (Å²) in [6.07, 6.45) is 0.386. The van der Waals surface area contributed by atoms with Crippen molar-refractivity contribution < 1.29 is 23.1 Å². The van der Waals surface area contributed by atoms with E-state index in [9.17, 15) is 13.2 Å². The second kappa shape index (κ2) is 7.80. The topological polar surface area (TPSA) is 105 Å². The Kier molecular flexibility index (Phi) is 5.76. The summed E-state index contributed by atoms with van der Waals surface area (Å²) in [6.45, 7) is 3.30. The average molecular weight is 362 g/mol. The first-order chi connectivity index (χ1) is 11.8. The number of nitrogens with one attached hydrogen (secondary N) is 1. The number of carboxylic acid groups (broad SMARTS) is 1. The van der Waals surface area contributed by atoms with Crippen LogP contribution in [0.3, 0.4) is 0 Å². The third-order valence-corrected chi connectivity index (χ3v) is 4.50. The first kappa shape index (κ1) is 18.5. The summed E-state index contributed by atoms with van der Waals surface area (Å²) in [6, 6.07) is 12.8. The number of rotatable bonds is 7. The number of sulfonamides is 1. The van der Waals surface area contributed by atoms with E-state index in [1.165, 1.54) is 25.3 Å². The van der Waals surface area contributed by atoms with Crippen molar-refractivity contribution in [3.8, 4) is 5.75 Å². The number of benzene rings is 2. The lowest BCUT2D eigenvalue weighted by Crippen LogP contribution is -2.22. The quantitative estimate of drug-likeness (QED) is 0.580. The highest BCUT2D eigenvalue weighted by Gasteiger charge is 2.12. The highest BCUT2D eigenvalue weighted by atomic mass is 32.2. The molecule has 0 unspecified atom stereocenters. The summed E-state index contributed by atoms with van der Waals surface area (Å²) >= 11 is 0. The lowest BCUT2D eigenvalue weighted by atomic mass is 10.2. The monoisotopic (exact) mass is 362 g/mol. The summed E-state index contributed by atoms with van der Waals surface area (Å²) in [4.78, 5) is 13.0. The predicted octanol–water partition coefficient (Wildman–Crippen LogP) is 2.16. The van der Waals surface area contributed by atoms with E-state index in [0.717, 1.165) is 5.56 Å². The molecular weight excluding hydrogens is 344 g/mol. The molecule has 2 rings (SSSR count). The van der Waals surface area contributed by atoms with E-state index >= 15 is 0 Å². The Hall–Kier alpha value is -2.87. The Morgan fingerprint density at radius 1 is 1.16 bits per heavy atom. The molecule has 0 radical (unpaired) electrons. The summed E-state index contributed by atoms with van der Waals surface area (Å²) < 4.78 is 29.3. The molecule has 0 aromatic heterocycles. The Bertz CT molecular complexity index is 859. The fraction of sp³-hybridized carbons (Fsp3) is 0.176. The van der Waals surface area contributed by atoms with Crippen LogP contribution in [0.25, 0.3) is 0 Å². The maximum Gasteiger partial charge on any atom is 0.344 e. The Morgan fingerprint density at radius 2 is 1.76 bits per heavy atom. The largest absolute Gasteiger partial charge is 0.479 e. The number of carboxylic acids is 1. The highest BCUT2D eigenvalue weighted by Crippen LogP contribution is 2.13. The fourth-order valence-corrected chi connectivity index (χ4v) is 2.62. The predicted molar refractivity (Wildman–Crippen MR) is 93.3 cm³/mol. The molecule has 132 valence electrons. The van der Waals surface area contributed by atoms with Crippen LogP contribution >= 0.6 is 0 Å². The molecule has 0 saturated carbocycles. The van der Waals surface area contributed by atoms with Crippen molar-refractivity contribution in [3.63, 3.8) is 0 Å². The Balaban J connectivity index is 1.99. The molecule has 2 aromatic carbocycles. The molecule has 7 nitrogen and oxygen atoms in total. The normalized spacial score (nSPS) is 12.7. The Labute approximate surface area is 146 Å². The second-order valence-electron chi connectivity index (χ2n) is 5.33. The van der Waals surface area contributed by atoms with Gasteiger partial charge in [-0.1, -0.05) is 17.7 Å². The molecule has 0 aliphatic heterocycles. The summed E-state index contributed by atoms with van der Waals surface area (Å²) in [7, 11) is -3.72. The van der Waals surface area contributed by atoms with Gasteiger partial charge in [-0.3, -0.25) is 0 Å². The number of aliphatic carboxylic acids is 1. The van der Waals surface area contributed by atoms with Crippen LogP contribution in [0.15, 0.2) is 58.5 Å². The van der Waals surface area contributed by atoms with Crippen molar-refractivity contribution in [2.45, 2.75) is 24.8 Å². The van der Waals surface area contributed by atoms with Gasteiger partial charge in [-0.15, -0.1) is 0 Å². The molecule has 0 heterocycles. The molecule has 8 heteroatoms. The summed E-state index contributed by atoms with van der Waals surface area (Å²) in [5.41, 5.74) is 1.59. The molecule has 25 heavy (non-hydrogen) atoms. The number of aryl methyl sites for hydroxylation is 1. The van der Waals surface area contributed by atoms with Gasteiger partial charge in [0.1, 0.15) is 5.75 Å². The maximum atomic E-state index is 12.1. The average Bonchev–Trinajstić information content (AvgIpc) is 2.56. The van der Waals surface area contributed by atoms with Gasteiger partial charge in [-0.2, -0.15) is 13.5 Å². The number of carbonyl (C=O) groups is 1. The minimum Gasteiger partial charge on any atom is -0.479 e. The van der Waals surface area contributed by atoms with E-state index in [0.29, 0.717) is 11.3 Å². The van der Waals surface area contributed by atoms with Crippen LogP contribution in [0.1, 0.15) is 18.1 Å². The smallest absolute Gasteiger partial charge is 0.344 e. The standard InChI is InChI=1S/C17H18N2O5S/c1-12-3-9-16(10-4-12)25(22,23)19-18-11-14-5-7-15(8-6-14)24-13(2)17(20)21/h3-11,13,19H,1-2H3,(H,20,21)/b18-11-/t13-/m1/s1. The molecule has 0 saturated heterocycles. The van der Waals surface area contributed by atoms with E-state index in [1.54, 1.807) is 36.4 Å². The van der Waals surface area contributed by atoms with Gasteiger partial charge in [0.2, 0.25) is 0 Å². The minimum atomic E-state index is -3.72. The molecule has 0 amide bonds. The molecule has 0 aliphatic carbocycles. The van der Waals surface area contributed by atoms with Crippen LogP contribution in [-0.4, -0.2) is 31.8 Å². The molecule has 0 spiro atoms. The van der Waals surface area contributed by atoms with Crippen molar-refractivity contribution in [1.29, 1.82) is 0 Å². The third-order valence-electron chi connectivity index (χ3n) is 3.26. The van der Waals surface area contributed by atoms with Crippen LogP contribution < -0.4 is 9.57 Å². The zero-order valence-electron chi connectivity index (χ0n) is 13.7. The van der Waals surface area contributed by atoms with E-state index in [1.807, 2.05) is 6.92 Å². The van der Waals surface area contributed by atoms with Gasteiger partial charge in [0.25, 0.3) is 10.0 Å². The molecule has 0 bridgehead atoms. The first-order valence-electron chi connectivity index (χ1n) is 7.39. The van der Waals surface area contributed by atoms with Gasteiger partial charge in [0.05, 0.1) is 11.1 Å². The Morgan fingerprint density at radius 3 is 2.32 bits per heavy atom. The van der Waals surface area contributed by atoms with Crippen molar-refractivity contribution in [2.24, 2.45) is 5.10 Å². The molecular formula is C17H18N2O5S. The number of hydrogen-bond donors (Lipinski definition) is 2. The van der Waals surface area contributed by atoms with E-state index in [2.05, 4.69) is 9.93 Å². The van der Waals surface area contributed by atoms with Crippen LogP contribution in [0.4, 0.5) is 0 Å². The van der Waals surface area contributed by atoms with Gasteiger partial charge >= 0.3 is 5.97 Å². The lowest BCUT2D eigenvalue weighted by molar-refractivity contribution is -0.144. The van der Waals surface area contributed by atoms with Gasteiger partial charge in [0.15, 0.2) is 6.10 Å². The molecule has 0 aliphatic rings. The summed E-state index contributed by atoms with van der Waals surface area (Å²) in [5, 5.41) is 12.5. The lowest BCUT2D eigenvalue weighted by Gasteiger charge is -2.09. The van der Waals surface area contributed by atoms with Crippen molar-refractivity contribution in [1.82, 2.24) is 4.83 Å². The van der Waals surface area contributed by atoms with Gasteiger partial charge in [0, 0.05) is 0 Å². The van der Waals surface area contributed by atoms with E-state index < -0.39 is 22.1 Å². The first-order valence-corrected chi connectivity index (χ1v) is 8.87. The van der Waals surface area contributed by atoms with Crippen LogP contribution in [-0.2, 0) is 14.8 Å². The zero-order chi connectivity index (χ0) is 18.4. The fourth-order valence-electron chi connectivity index (χ4n) is 1.83. The van der Waals surface area contributed by atoms with Crippen molar-refractivity contribution in [3.05, 3.63) is 59.7 Å². The highest BCUT2D eigenvalue weighted by molar-refractivity contribution is 7.89. The molecule has 1 atom stereocenters. The zero-order valence-corrected chi connectivity index (χ0v) is 14.5. The van der Waals surface area contributed by atoms with Gasteiger partial charge < -0.3 is 9.84 Å². The van der Waals surface area contributed by atoms with Crippen LogP contribution in [0.5, 0.6) is 5.75 Å². The van der Waals surface area contributed by atoms with Gasteiger partial charge in [-0.25, -0.2) is 9.63 Å². The second-order valence-corrected chi connectivity index (χ2v) is 6.99. The van der Waals surface area contributed by atoms with Crippen molar-refractivity contribution in [2.75, 3.05) is 0 Å². The number of hydrazone groups is 1. The third kappa shape index (κ3) is 5.32. The molecule has 2 aromatic rings. The molecule has 0 fully saturated rings. The summed E-state index contributed by atoms with van der Waals surface area (Å²) in [5.74, 6) is -0.663.